The van der Waals surface area contributed by atoms with E-state index in [0.717, 1.165) is 11.1 Å². The highest BCUT2D eigenvalue weighted by Gasteiger charge is 2.45. The van der Waals surface area contributed by atoms with Gasteiger partial charge in [-0.2, -0.15) is 0 Å². The molecule has 0 radical (unpaired) electrons. The summed E-state index contributed by atoms with van der Waals surface area (Å²) < 4.78 is 30.4. The molecule has 92 heavy (non-hydrogen) atoms. The lowest BCUT2D eigenvalue weighted by Crippen LogP contribution is -2.55. The lowest BCUT2D eigenvalue weighted by atomic mass is 9.91. The van der Waals surface area contributed by atoms with Gasteiger partial charge in [0.15, 0.2) is 0 Å². The average molecular weight is 1260 g/mol. The molecule has 3 aromatic carbocycles. The van der Waals surface area contributed by atoms with Crippen molar-refractivity contribution in [3.8, 4) is 0 Å². The van der Waals surface area contributed by atoms with Gasteiger partial charge < -0.3 is 51.7 Å². The predicted octanol–water partition coefficient (Wildman–Crippen LogP) is 4.16. The number of amides is 6. The van der Waals surface area contributed by atoms with Gasteiger partial charge in [0.2, 0.25) is 23.6 Å². The highest BCUT2D eigenvalue weighted by atomic mass is 19.1. The summed E-state index contributed by atoms with van der Waals surface area (Å²) in [7, 11) is 3.27. The van der Waals surface area contributed by atoms with Gasteiger partial charge in [0.05, 0.1) is 46.9 Å². The van der Waals surface area contributed by atoms with E-state index < -0.39 is 82.3 Å². The number of halogens is 2. The third-order valence-electron chi connectivity index (χ3n) is 17.3. The van der Waals surface area contributed by atoms with E-state index in [1.54, 1.807) is 100 Å². The third kappa shape index (κ3) is 15.6. The SMILES string of the molecule is CN[C@@H](C)C(=O)N[C@H](C(=O)N1CC(C)(C)c2[nH]c(=O)c(Cc3ccc(F)cc3)cc21)[C@H](C)n1cc(CCC(=O)NCc2ccc(CNC(=O)CCc3cn([C@@H](C)[C@H](NC(=O)[C@H](C)NC)C(=O)N4CC(C)(C)c5[nH]c(=O)c(Cc6ccc(F)cc6)cc54)nn3)cc2)nn1. The van der Waals surface area contributed by atoms with Crippen molar-refractivity contribution >= 4 is 46.8 Å². The Hall–Kier alpha value is -9.56. The molecule has 6 atom stereocenters. The molecule has 0 aliphatic carbocycles. The molecular formula is C66H80F2N16O8. The van der Waals surface area contributed by atoms with Crippen LogP contribution in [0.2, 0.25) is 0 Å². The van der Waals surface area contributed by atoms with Crippen LogP contribution in [0.5, 0.6) is 0 Å². The molecule has 6 heterocycles. The fourth-order valence-electron chi connectivity index (χ4n) is 11.3. The number of anilines is 2. The second kappa shape index (κ2) is 28.3. The summed E-state index contributed by atoms with van der Waals surface area (Å²) in [5.74, 6) is -2.98. The molecule has 0 saturated carbocycles. The number of carbonyl (C=O) groups is 6. The van der Waals surface area contributed by atoms with Crippen LogP contribution >= 0.6 is 0 Å². The van der Waals surface area contributed by atoms with Crippen molar-refractivity contribution in [2.24, 2.45) is 0 Å². The number of H-pyrrole nitrogens is 2. The van der Waals surface area contributed by atoms with Crippen molar-refractivity contribution in [3.05, 3.63) is 186 Å². The zero-order chi connectivity index (χ0) is 66.3. The number of carbonyl (C=O) groups excluding carboxylic acids is 6. The molecule has 0 bridgehead atoms. The molecule has 0 saturated heterocycles. The first-order valence-corrected chi connectivity index (χ1v) is 30.7. The molecule has 486 valence electrons. The number of rotatable bonds is 26. The van der Waals surface area contributed by atoms with E-state index >= 15 is 0 Å². The van der Waals surface area contributed by atoms with Crippen molar-refractivity contribution in [1.82, 2.24) is 71.9 Å². The molecule has 7 aromatic rings. The summed E-state index contributed by atoms with van der Waals surface area (Å²) in [4.78, 5) is 119. The maximum absolute atomic E-state index is 14.8. The van der Waals surface area contributed by atoms with Crippen LogP contribution < -0.4 is 52.8 Å². The maximum Gasteiger partial charge on any atom is 0.251 e. The second-order valence-corrected chi connectivity index (χ2v) is 25.2. The predicted molar refractivity (Wildman–Crippen MR) is 340 cm³/mol. The Morgan fingerprint density at radius 2 is 0.891 bits per heavy atom. The van der Waals surface area contributed by atoms with Gasteiger partial charge in [-0.1, -0.05) is 86.7 Å². The molecule has 2 aliphatic heterocycles. The van der Waals surface area contributed by atoms with E-state index in [-0.39, 0.29) is 87.6 Å². The average Bonchev–Trinajstić information content (AvgIpc) is 1.60. The van der Waals surface area contributed by atoms with Crippen LogP contribution in [-0.2, 0) is 78.4 Å². The number of fused-ring (bicyclic) bond motifs is 2. The Labute approximate surface area is 531 Å². The Bertz CT molecular complexity index is 3720. The van der Waals surface area contributed by atoms with E-state index in [0.29, 0.717) is 56.4 Å². The lowest BCUT2D eigenvalue weighted by molar-refractivity contribution is -0.129. The van der Waals surface area contributed by atoms with Crippen LogP contribution in [0.4, 0.5) is 20.2 Å². The van der Waals surface area contributed by atoms with Gasteiger partial charge in [-0.3, -0.25) is 38.4 Å². The molecule has 24 nitrogen and oxygen atoms in total. The number of likely N-dealkylation sites (N-methyl/N-ethyl adjacent to an activating group) is 2. The van der Waals surface area contributed by atoms with Gasteiger partial charge in [-0.15, -0.1) is 10.2 Å². The van der Waals surface area contributed by atoms with Crippen LogP contribution in [0.3, 0.4) is 0 Å². The smallest absolute Gasteiger partial charge is 0.251 e. The molecule has 8 N–H and O–H groups in total. The normalized spacial score (nSPS) is 15.7. The largest absolute Gasteiger partial charge is 0.352 e. The topological polar surface area (TPSA) is 308 Å². The second-order valence-electron chi connectivity index (χ2n) is 25.2. The van der Waals surface area contributed by atoms with Crippen molar-refractivity contribution in [3.63, 3.8) is 0 Å². The van der Waals surface area contributed by atoms with Gasteiger partial charge in [0.25, 0.3) is 22.9 Å². The fraction of sp³-hybridized carbons (Fsp3) is 0.424. The maximum atomic E-state index is 14.8. The monoisotopic (exact) mass is 1260 g/mol. The van der Waals surface area contributed by atoms with E-state index in [1.807, 2.05) is 52.0 Å². The number of hydrogen-bond donors (Lipinski definition) is 8. The van der Waals surface area contributed by atoms with Crippen LogP contribution in [0, 0.1) is 11.6 Å². The number of aryl methyl sites for hydroxylation is 2. The van der Waals surface area contributed by atoms with Gasteiger partial charge in [-0.05, 0) is 100 Å². The third-order valence-corrected chi connectivity index (χ3v) is 17.3. The van der Waals surface area contributed by atoms with E-state index in [9.17, 15) is 47.1 Å². The first-order chi connectivity index (χ1) is 43.7. The first kappa shape index (κ1) is 66.8. The Morgan fingerprint density at radius 3 is 1.24 bits per heavy atom. The summed E-state index contributed by atoms with van der Waals surface area (Å²) in [6.07, 6.45) is 4.32. The van der Waals surface area contributed by atoms with Crippen molar-refractivity contribution in [2.45, 2.75) is 154 Å². The van der Waals surface area contributed by atoms with E-state index in [1.165, 1.54) is 33.6 Å². The minimum absolute atomic E-state index is 0.0825. The zero-order valence-corrected chi connectivity index (χ0v) is 53.4. The quantitative estimate of drug-likeness (QED) is 0.0378. The molecule has 0 spiro atoms. The molecule has 4 aromatic heterocycles. The summed E-state index contributed by atoms with van der Waals surface area (Å²) in [6, 6.07) is 17.4. The van der Waals surface area contributed by atoms with Crippen LogP contribution in [0.25, 0.3) is 0 Å². The molecule has 9 rings (SSSR count). The molecule has 0 fully saturated rings. The Balaban J connectivity index is 0.756. The number of aromatic nitrogens is 8. The van der Waals surface area contributed by atoms with Gasteiger partial charge in [-0.25, -0.2) is 18.1 Å². The van der Waals surface area contributed by atoms with E-state index in [2.05, 4.69) is 62.5 Å². The summed E-state index contributed by atoms with van der Waals surface area (Å²) in [6.45, 7) is 15.4. The van der Waals surface area contributed by atoms with Crippen molar-refractivity contribution < 1.29 is 37.5 Å². The van der Waals surface area contributed by atoms with Gasteiger partial charge in [0.1, 0.15) is 23.7 Å². The molecule has 0 unspecified atom stereocenters. The minimum atomic E-state index is -1.13. The number of benzene rings is 3. The fourth-order valence-corrected chi connectivity index (χ4v) is 11.3. The van der Waals surface area contributed by atoms with Crippen LogP contribution in [0.1, 0.15) is 136 Å². The van der Waals surface area contributed by atoms with E-state index in [4.69, 9.17) is 0 Å². The number of hydrogen-bond acceptors (Lipinski definition) is 14. The minimum Gasteiger partial charge on any atom is -0.352 e. The number of nitrogens with one attached hydrogen (secondary N) is 8. The highest BCUT2D eigenvalue weighted by Crippen LogP contribution is 2.41. The lowest BCUT2D eigenvalue weighted by Gasteiger charge is -2.30. The highest BCUT2D eigenvalue weighted by molar-refractivity contribution is 6.03. The molecular weight excluding hydrogens is 1180 g/mol. The summed E-state index contributed by atoms with van der Waals surface area (Å²) in [5.41, 5.74) is 5.05. The molecule has 2 aliphatic rings. The van der Waals surface area contributed by atoms with Crippen LogP contribution in [0.15, 0.2) is 107 Å². The van der Waals surface area contributed by atoms with Gasteiger partial charge >= 0.3 is 0 Å². The zero-order valence-electron chi connectivity index (χ0n) is 53.4. The summed E-state index contributed by atoms with van der Waals surface area (Å²) >= 11 is 0. The van der Waals surface area contributed by atoms with Crippen molar-refractivity contribution in [1.29, 1.82) is 0 Å². The molecule has 6 amide bonds. The number of aromatic amines is 2. The number of nitrogens with zero attached hydrogens (tertiary/aromatic N) is 8. The standard InChI is InChI=1S/C66H80F2N16O8/c1-37(69-9)59(87)73-55(63(91)81-35-65(5,6)57-51(81)29-45(61(89)75-57)27-41-15-19-47(67)20-16-41)39(3)83-33-49(77-79-83)23-25-53(85)71-31-43-11-13-44(14-12-43)32-72-54(86)26-24-50-34-84(80-78-50)40(4)56(74-60(88)38(2)70-10)64(92)82-36-66(7,8)58-52(82)30-46(62(90)76-58)28-42-17-21-48(68)22-18-42/h11-22,29-30,33-34,37-40,55-56,69-70H,23-28,31-32,35-36H2,1-10H3,(H,71,85)(H,72,86)(H,73,87)(H,74,88)(H,75,89)(H,76,90)/t37-,38-,39-,40-,55-,56-/m0/s1. The first-order valence-electron chi connectivity index (χ1n) is 30.7. The summed E-state index contributed by atoms with van der Waals surface area (Å²) in [5, 5.41) is 34.7. The van der Waals surface area contributed by atoms with Gasteiger partial charge in [0, 0.05) is 110 Å². The van der Waals surface area contributed by atoms with Crippen LogP contribution in [-0.4, -0.2) is 127 Å². The Morgan fingerprint density at radius 1 is 0.543 bits per heavy atom. The van der Waals surface area contributed by atoms with Crippen molar-refractivity contribution in [2.75, 3.05) is 37.0 Å². The Kier molecular flexibility index (Phi) is 20.6. The number of pyridine rings is 2. The molecule has 26 heteroatoms.